The van der Waals surface area contributed by atoms with Crippen molar-refractivity contribution in [3.8, 4) is 22.7 Å². The average molecular weight is 1540 g/mol. The number of likely N-dealkylation sites (tertiary alicyclic amines) is 4. The molecule has 0 unspecified atom stereocenters. The molecule has 0 radical (unpaired) electrons. The van der Waals surface area contributed by atoms with Gasteiger partial charge in [-0.05, 0) is 252 Å². The Balaban J connectivity index is 0.000000131. The van der Waals surface area contributed by atoms with Gasteiger partial charge in [0.1, 0.15) is 16.8 Å². The van der Waals surface area contributed by atoms with Crippen molar-refractivity contribution >= 4 is 101 Å². The van der Waals surface area contributed by atoms with Gasteiger partial charge in [0.25, 0.3) is 0 Å². The van der Waals surface area contributed by atoms with Crippen LogP contribution in [0.25, 0.3) is 71.2 Å². The molecule has 12 aromatic rings. The second kappa shape index (κ2) is 36.7. The number of piperidine rings is 4. The van der Waals surface area contributed by atoms with Gasteiger partial charge in [0.15, 0.2) is 28.8 Å². The SMILES string of the molecule is CCc1c(C(=O)CN2CCCCC2)c2ccccc2n1-c1ccc(Cl)cc1.Cc1c(C(=O)CN2CCC(C)CC2)c2ccccc2n1-c1ccc(Cl)nc1.Cc1c(C(=O)CN2CCC(C)CC2)c2ccccc2n1-c1ccc(F)cc1.[C-]#[N+]c1ccc(-n2c(C)c(C(=O)CN3CCCCC3)c3ccc(CC(C)=O)cc32)cc1. The smallest absolute Gasteiger partial charge is 0.187 e. The lowest BCUT2D eigenvalue weighted by Gasteiger charge is -2.29. The quantitative estimate of drug-likeness (QED) is 0.0437. The van der Waals surface area contributed by atoms with Crippen molar-refractivity contribution in [2.45, 2.75) is 126 Å². The van der Waals surface area contributed by atoms with E-state index in [4.69, 9.17) is 29.8 Å². The molecule has 5 aromatic heterocycles. The molecule has 0 saturated carbocycles. The number of Topliss-reactive ketones (excluding diaryl/α,β-unsaturated/α-hetero) is 5. The van der Waals surface area contributed by atoms with E-state index in [1.165, 1.54) is 50.7 Å². The van der Waals surface area contributed by atoms with E-state index in [0.29, 0.717) is 43.4 Å². The van der Waals surface area contributed by atoms with Gasteiger partial charge >= 0.3 is 0 Å². The maximum atomic E-state index is 13.4. The predicted molar refractivity (Wildman–Crippen MR) is 453 cm³/mol. The van der Waals surface area contributed by atoms with Gasteiger partial charge in [-0.2, -0.15) is 0 Å². The highest BCUT2D eigenvalue weighted by molar-refractivity contribution is 6.30. The Morgan fingerprint density at radius 1 is 0.446 bits per heavy atom. The monoisotopic (exact) mass is 1540 g/mol. The summed E-state index contributed by atoms with van der Waals surface area (Å²) in [5.41, 5.74) is 16.4. The molecule has 15 nitrogen and oxygen atoms in total. The number of pyridine rings is 1. The summed E-state index contributed by atoms with van der Waals surface area (Å²) < 4.78 is 21.8. The fourth-order valence-corrected chi connectivity index (χ4v) is 17.3. The number of hydrogen-bond donors (Lipinski definition) is 0. The number of halogens is 3. The first-order valence-corrected chi connectivity index (χ1v) is 40.6. The van der Waals surface area contributed by atoms with Gasteiger partial charge in [-0.15, -0.1) is 0 Å². The fraction of sp³-hybridized carbons (Fsp3) is 0.351. The molecular weight excluding hydrogens is 1440 g/mol. The highest BCUT2D eigenvalue weighted by Gasteiger charge is 2.30. The Bertz CT molecular complexity index is 5250. The third-order valence-corrected chi connectivity index (χ3v) is 23.3. The van der Waals surface area contributed by atoms with Crippen LogP contribution in [0.4, 0.5) is 10.1 Å². The maximum Gasteiger partial charge on any atom is 0.187 e. The van der Waals surface area contributed by atoms with E-state index in [1.807, 2.05) is 136 Å². The van der Waals surface area contributed by atoms with Crippen LogP contribution < -0.4 is 0 Å². The highest BCUT2D eigenvalue weighted by atomic mass is 35.5. The Morgan fingerprint density at radius 2 is 0.821 bits per heavy atom. The minimum atomic E-state index is -0.261. The first-order chi connectivity index (χ1) is 54.2. The molecule has 18 heteroatoms. The van der Waals surface area contributed by atoms with Crippen molar-refractivity contribution in [3.05, 3.63) is 260 Å². The zero-order valence-electron chi connectivity index (χ0n) is 65.6. The largest absolute Gasteiger partial charge is 0.313 e. The Labute approximate surface area is 667 Å². The van der Waals surface area contributed by atoms with Gasteiger partial charge < -0.3 is 18.3 Å². The van der Waals surface area contributed by atoms with E-state index in [9.17, 15) is 28.4 Å². The molecule has 0 bridgehead atoms. The van der Waals surface area contributed by atoms with Crippen LogP contribution in [0, 0.1) is 45.0 Å². The Hall–Kier alpha value is -9.96. The number of fused-ring (bicyclic) bond motifs is 4. The van der Waals surface area contributed by atoms with Gasteiger partial charge in [-0.3, -0.25) is 43.6 Å². The lowest BCUT2D eigenvalue weighted by atomic mass is 9.98. The maximum absolute atomic E-state index is 13.4. The molecule has 4 saturated heterocycles. The summed E-state index contributed by atoms with van der Waals surface area (Å²) in [5, 5.41) is 5.11. The van der Waals surface area contributed by atoms with Gasteiger partial charge in [0, 0.05) is 95.1 Å². The molecule has 7 aromatic carbocycles. The fourth-order valence-electron chi connectivity index (χ4n) is 17.0. The van der Waals surface area contributed by atoms with Gasteiger partial charge in [-0.25, -0.2) is 14.2 Å². The minimum Gasteiger partial charge on any atom is -0.313 e. The summed E-state index contributed by atoms with van der Waals surface area (Å²) in [5.74, 6) is 2.09. The molecule has 0 atom stereocenters. The molecule has 0 aliphatic carbocycles. The topological polar surface area (TPSA) is 135 Å². The van der Waals surface area contributed by atoms with Gasteiger partial charge in [0.05, 0.1) is 66.7 Å². The van der Waals surface area contributed by atoms with Crippen LogP contribution in [-0.4, -0.2) is 150 Å². The third-order valence-electron chi connectivity index (χ3n) is 22.9. The number of benzene rings is 7. The van der Waals surface area contributed by atoms with E-state index >= 15 is 0 Å². The van der Waals surface area contributed by atoms with Gasteiger partial charge in [0.2, 0.25) is 0 Å². The molecule has 0 spiro atoms. The lowest BCUT2D eigenvalue weighted by molar-refractivity contribution is -0.116. The van der Waals surface area contributed by atoms with Crippen LogP contribution in [0.15, 0.2) is 182 Å². The molecule has 0 amide bonds. The van der Waals surface area contributed by atoms with Crippen molar-refractivity contribution in [2.24, 2.45) is 11.8 Å². The number of aromatic nitrogens is 5. The molecule has 0 N–H and O–H groups in total. The molecule has 16 rings (SSSR count). The van der Waals surface area contributed by atoms with Crippen molar-refractivity contribution < 1.29 is 28.4 Å². The summed E-state index contributed by atoms with van der Waals surface area (Å²) in [6, 6.07) is 55.6. The van der Waals surface area contributed by atoms with Crippen molar-refractivity contribution in [3.63, 3.8) is 0 Å². The standard InChI is InChI=1S/C26H27N3O2.C23H25ClN2O.C23H25FN2O.C22H24ClN3O/c1-18(30)15-20-7-12-23-24(16-20)29(22-10-8-21(27-3)9-11-22)19(2)26(23)25(31)17-28-13-5-4-6-14-28;1-2-20-23(22(27)16-25-14-6-3-7-15-25)19-8-4-5-9-21(19)26(20)18-12-10-17(24)11-13-18;1-16-11-13-25(14-12-16)15-22(27)23-17(2)26(19-9-7-18(24)8-10-19)21-6-4-3-5-20(21)23;1-15-9-11-25(12-10-15)14-20(27)22-16(2)26(17-7-8-21(23)24-13-17)19-6-4-3-5-18(19)22/h7-12,16H,4-6,13-15,17H2,1-2H3;4-5,8-13H,2-3,6-7,14-16H2,1H3;3-10,16H,11-15H2,1-2H3;3-8,13,15H,9-12,14H2,1-2H3. The second-order valence-corrected chi connectivity index (χ2v) is 31.7. The third kappa shape index (κ3) is 18.2. The summed E-state index contributed by atoms with van der Waals surface area (Å²) in [6.07, 6.45) is 14.8. The summed E-state index contributed by atoms with van der Waals surface area (Å²) in [7, 11) is 0. The Kier molecular flexibility index (Phi) is 26.2. The zero-order chi connectivity index (χ0) is 78.7. The van der Waals surface area contributed by atoms with E-state index in [1.54, 1.807) is 43.5 Å². The molecule has 9 heterocycles. The number of nitrogens with zero attached hydrogens (tertiary/aromatic N) is 10. The van der Waals surface area contributed by atoms with Crippen LogP contribution >= 0.6 is 23.2 Å². The molecule has 4 fully saturated rings. The number of carbonyl (C=O) groups excluding carboxylic acids is 5. The van der Waals surface area contributed by atoms with Gasteiger partial charge in [-0.1, -0.05) is 136 Å². The second-order valence-electron chi connectivity index (χ2n) is 30.9. The van der Waals surface area contributed by atoms with Crippen molar-refractivity contribution in [1.82, 2.24) is 42.9 Å². The summed E-state index contributed by atoms with van der Waals surface area (Å²) in [6.45, 7) is 31.4. The number of para-hydroxylation sites is 3. The van der Waals surface area contributed by atoms with Crippen LogP contribution in [-0.2, 0) is 17.6 Å². The molecule has 578 valence electrons. The van der Waals surface area contributed by atoms with Crippen molar-refractivity contribution in [2.75, 3.05) is 78.5 Å². The van der Waals surface area contributed by atoms with E-state index in [0.717, 1.165) is 218 Å². The first kappa shape index (κ1) is 80.1. The van der Waals surface area contributed by atoms with Crippen LogP contribution in [0.1, 0.15) is 162 Å². The zero-order valence-corrected chi connectivity index (χ0v) is 67.1. The molecule has 112 heavy (non-hydrogen) atoms. The summed E-state index contributed by atoms with van der Waals surface area (Å²) in [4.78, 5) is 81.7. The van der Waals surface area contributed by atoms with Crippen LogP contribution in [0.2, 0.25) is 10.2 Å². The number of carbonyl (C=O) groups is 5. The average Bonchev–Trinajstić information content (AvgIpc) is 1.62. The first-order valence-electron chi connectivity index (χ1n) is 39.8. The minimum absolute atomic E-state index is 0.108. The normalized spacial score (nSPS) is 15.5. The molecule has 4 aliphatic heterocycles. The molecular formula is C94H101Cl2FN10O5. The van der Waals surface area contributed by atoms with Crippen molar-refractivity contribution in [1.29, 1.82) is 0 Å². The summed E-state index contributed by atoms with van der Waals surface area (Å²) >= 11 is 12.0. The number of rotatable bonds is 19. The predicted octanol–water partition coefficient (Wildman–Crippen LogP) is 20.7. The van der Waals surface area contributed by atoms with E-state index in [2.05, 4.69) is 86.7 Å². The Morgan fingerprint density at radius 3 is 1.26 bits per heavy atom. The molecule has 4 aliphatic rings. The van der Waals surface area contributed by atoms with E-state index in [-0.39, 0.29) is 34.7 Å². The number of ketones is 5. The number of hydrogen-bond acceptors (Lipinski definition) is 10. The highest BCUT2D eigenvalue weighted by Crippen LogP contribution is 2.37. The lowest BCUT2D eigenvalue weighted by Crippen LogP contribution is -2.36. The van der Waals surface area contributed by atoms with Crippen LogP contribution in [0.5, 0.6) is 0 Å². The van der Waals surface area contributed by atoms with E-state index < -0.39 is 0 Å². The van der Waals surface area contributed by atoms with Crippen LogP contribution in [0.3, 0.4) is 0 Å².